The number of benzene rings is 1. The van der Waals surface area contributed by atoms with E-state index in [4.69, 9.17) is 5.73 Å². The molecule has 3 heteroatoms. The quantitative estimate of drug-likeness (QED) is 0.924. The lowest BCUT2D eigenvalue weighted by molar-refractivity contribution is 0.267. The van der Waals surface area contributed by atoms with Crippen molar-refractivity contribution in [3.8, 4) is 0 Å². The van der Waals surface area contributed by atoms with Crippen molar-refractivity contribution in [1.82, 2.24) is 4.90 Å². The third-order valence-corrected chi connectivity index (χ3v) is 4.28. The highest BCUT2D eigenvalue weighted by Gasteiger charge is 2.16. The Morgan fingerprint density at radius 2 is 1.89 bits per heavy atom. The predicted molar refractivity (Wildman–Crippen MR) is 80.8 cm³/mol. The van der Waals surface area contributed by atoms with Gasteiger partial charge in [-0.2, -0.15) is 0 Å². The zero-order valence-corrected chi connectivity index (χ0v) is 12.5. The summed E-state index contributed by atoms with van der Waals surface area (Å²) in [5.74, 6) is 0.459. The fourth-order valence-electron chi connectivity index (χ4n) is 2.71. The van der Waals surface area contributed by atoms with E-state index < -0.39 is 0 Å². The summed E-state index contributed by atoms with van der Waals surface area (Å²) >= 11 is 3.54. The molecule has 1 aromatic rings. The maximum absolute atomic E-state index is 5.97. The van der Waals surface area contributed by atoms with Crippen LogP contribution in [0, 0.1) is 0 Å². The monoisotopic (exact) mass is 310 g/mol. The van der Waals surface area contributed by atoms with E-state index in [1.165, 1.54) is 44.3 Å². The molecule has 1 aliphatic heterocycles. The van der Waals surface area contributed by atoms with Crippen molar-refractivity contribution in [3.63, 3.8) is 0 Å². The Morgan fingerprint density at radius 3 is 2.50 bits per heavy atom. The average Bonchev–Trinajstić information content (AvgIpc) is 2.64. The van der Waals surface area contributed by atoms with Gasteiger partial charge in [-0.15, -0.1) is 0 Å². The van der Waals surface area contributed by atoms with Gasteiger partial charge in [0.2, 0.25) is 0 Å². The van der Waals surface area contributed by atoms with Crippen molar-refractivity contribution in [2.45, 2.75) is 31.6 Å². The van der Waals surface area contributed by atoms with E-state index >= 15 is 0 Å². The van der Waals surface area contributed by atoms with Gasteiger partial charge in [-0.3, -0.25) is 0 Å². The van der Waals surface area contributed by atoms with Crippen LogP contribution < -0.4 is 5.73 Å². The lowest BCUT2D eigenvalue weighted by Crippen LogP contribution is -2.32. The molecule has 1 aliphatic rings. The molecule has 0 radical (unpaired) electrons. The Morgan fingerprint density at radius 1 is 1.17 bits per heavy atom. The fraction of sp³-hybridized carbons (Fsp3) is 0.600. The van der Waals surface area contributed by atoms with Gasteiger partial charge in [0.15, 0.2) is 0 Å². The van der Waals surface area contributed by atoms with Crippen molar-refractivity contribution in [2.75, 3.05) is 26.2 Å². The maximum atomic E-state index is 5.97. The molecule has 0 aliphatic carbocycles. The van der Waals surface area contributed by atoms with E-state index in [1.807, 2.05) is 0 Å². The highest BCUT2D eigenvalue weighted by molar-refractivity contribution is 9.10. The Labute approximate surface area is 119 Å². The van der Waals surface area contributed by atoms with Gasteiger partial charge >= 0.3 is 0 Å². The summed E-state index contributed by atoms with van der Waals surface area (Å²) in [6.45, 7) is 4.31. The Bertz CT molecular complexity index is 359. The maximum Gasteiger partial charge on any atom is 0.0178 e. The zero-order chi connectivity index (χ0) is 12.8. The van der Waals surface area contributed by atoms with Crippen LogP contribution in [0.1, 0.15) is 37.2 Å². The topological polar surface area (TPSA) is 29.3 Å². The Kier molecular flexibility index (Phi) is 5.67. The second-order valence-electron chi connectivity index (χ2n) is 5.20. The standard InChI is InChI=1S/C15H23BrN2/c16-15-7-5-6-13(10-15)14(11-17)12-18-8-3-1-2-4-9-18/h5-7,10,14H,1-4,8-9,11-12,17H2. The largest absolute Gasteiger partial charge is 0.330 e. The number of nitrogens with two attached hydrogens (primary N) is 1. The van der Waals surface area contributed by atoms with Crippen molar-refractivity contribution in [1.29, 1.82) is 0 Å². The van der Waals surface area contributed by atoms with E-state index in [2.05, 4.69) is 45.1 Å². The van der Waals surface area contributed by atoms with E-state index in [9.17, 15) is 0 Å². The molecule has 0 aromatic heterocycles. The molecule has 2 N–H and O–H groups in total. The van der Waals surface area contributed by atoms with Gasteiger partial charge in [-0.1, -0.05) is 40.9 Å². The molecule has 2 nitrogen and oxygen atoms in total. The molecular weight excluding hydrogens is 288 g/mol. The first kappa shape index (κ1) is 14.0. The summed E-state index contributed by atoms with van der Waals surface area (Å²) in [6.07, 6.45) is 5.47. The van der Waals surface area contributed by atoms with Gasteiger partial charge in [-0.25, -0.2) is 0 Å². The second kappa shape index (κ2) is 7.27. The first-order chi connectivity index (χ1) is 8.79. The molecule has 0 spiro atoms. The molecule has 100 valence electrons. The van der Waals surface area contributed by atoms with Gasteiger partial charge in [0.05, 0.1) is 0 Å². The SMILES string of the molecule is NCC(CN1CCCCCC1)c1cccc(Br)c1. The summed E-state index contributed by atoms with van der Waals surface area (Å²) in [5.41, 5.74) is 7.33. The molecule has 1 atom stereocenters. The Hall–Kier alpha value is -0.380. The van der Waals surface area contributed by atoms with Gasteiger partial charge < -0.3 is 10.6 Å². The number of hydrogen-bond acceptors (Lipinski definition) is 2. The number of halogens is 1. The third-order valence-electron chi connectivity index (χ3n) is 3.78. The summed E-state index contributed by atoms with van der Waals surface area (Å²) in [7, 11) is 0. The van der Waals surface area contributed by atoms with Gasteiger partial charge in [0.1, 0.15) is 0 Å². The normalized spacial score (nSPS) is 19.4. The molecule has 0 amide bonds. The molecule has 1 aromatic carbocycles. The van der Waals surface area contributed by atoms with Crippen molar-refractivity contribution >= 4 is 15.9 Å². The molecule has 0 saturated carbocycles. The van der Waals surface area contributed by atoms with E-state index in [1.54, 1.807) is 0 Å². The highest BCUT2D eigenvalue weighted by atomic mass is 79.9. The van der Waals surface area contributed by atoms with Gasteiger partial charge in [0.25, 0.3) is 0 Å². The molecule has 1 unspecified atom stereocenters. The van der Waals surface area contributed by atoms with Crippen LogP contribution in [-0.2, 0) is 0 Å². The lowest BCUT2D eigenvalue weighted by Gasteiger charge is -2.25. The van der Waals surface area contributed by atoms with Crippen LogP contribution in [0.15, 0.2) is 28.7 Å². The minimum absolute atomic E-state index is 0.459. The average molecular weight is 311 g/mol. The van der Waals surface area contributed by atoms with Crippen LogP contribution in [0.5, 0.6) is 0 Å². The van der Waals surface area contributed by atoms with Crippen LogP contribution in [0.25, 0.3) is 0 Å². The zero-order valence-electron chi connectivity index (χ0n) is 10.9. The molecule has 1 fully saturated rings. The number of likely N-dealkylation sites (tertiary alicyclic amines) is 1. The Balaban J connectivity index is 1.99. The highest BCUT2D eigenvalue weighted by Crippen LogP contribution is 2.21. The van der Waals surface area contributed by atoms with Crippen LogP contribution in [0.3, 0.4) is 0 Å². The van der Waals surface area contributed by atoms with Crippen LogP contribution in [-0.4, -0.2) is 31.1 Å². The minimum atomic E-state index is 0.459. The van der Waals surface area contributed by atoms with Crippen LogP contribution >= 0.6 is 15.9 Å². The van der Waals surface area contributed by atoms with Crippen molar-refractivity contribution in [2.24, 2.45) is 5.73 Å². The molecule has 18 heavy (non-hydrogen) atoms. The van der Waals surface area contributed by atoms with E-state index in [-0.39, 0.29) is 0 Å². The van der Waals surface area contributed by atoms with Crippen molar-refractivity contribution in [3.05, 3.63) is 34.3 Å². The smallest absolute Gasteiger partial charge is 0.0178 e. The minimum Gasteiger partial charge on any atom is -0.330 e. The lowest BCUT2D eigenvalue weighted by atomic mass is 9.98. The molecule has 1 saturated heterocycles. The third kappa shape index (κ3) is 4.08. The van der Waals surface area contributed by atoms with E-state index in [0.29, 0.717) is 5.92 Å². The van der Waals surface area contributed by atoms with Crippen molar-refractivity contribution < 1.29 is 0 Å². The first-order valence-electron chi connectivity index (χ1n) is 6.97. The predicted octanol–water partition coefficient (Wildman–Crippen LogP) is 3.37. The summed E-state index contributed by atoms with van der Waals surface area (Å²) in [6, 6.07) is 8.57. The van der Waals surface area contributed by atoms with E-state index in [0.717, 1.165) is 17.6 Å². The summed E-state index contributed by atoms with van der Waals surface area (Å²) in [4.78, 5) is 2.59. The molecule has 1 heterocycles. The molecule has 0 bridgehead atoms. The second-order valence-corrected chi connectivity index (χ2v) is 6.12. The summed E-state index contributed by atoms with van der Waals surface area (Å²) < 4.78 is 1.15. The van der Waals surface area contributed by atoms with Gasteiger partial charge in [-0.05, 0) is 43.6 Å². The number of rotatable bonds is 4. The summed E-state index contributed by atoms with van der Waals surface area (Å²) in [5, 5.41) is 0. The number of nitrogens with zero attached hydrogens (tertiary/aromatic N) is 1. The first-order valence-corrected chi connectivity index (χ1v) is 7.77. The molecular formula is C15H23BrN2. The van der Waals surface area contributed by atoms with Crippen LogP contribution in [0.2, 0.25) is 0 Å². The fourth-order valence-corrected chi connectivity index (χ4v) is 3.12. The van der Waals surface area contributed by atoms with Gasteiger partial charge in [0, 0.05) is 23.5 Å². The van der Waals surface area contributed by atoms with Crippen LogP contribution in [0.4, 0.5) is 0 Å². The molecule has 2 rings (SSSR count). The number of hydrogen-bond donors (Lipinski definition) is 1.